The summed E-state index contributed by atoms with van der Waals surface area (Å²) in [6.45, 7) is 8.12. The van der Waals surface area contributed by atoms with E-state index in [2.05, 4.69) is 46.4 Å². The van der Waals surface area contributed by atoms with E-state index in [-0.39, 0.29) is 18.3 Å². The zero-order valence-corrected chi connectivity index (χ0v) is 28.4. The molecule has 7 nitrogen and oxygen atoms in total. The molecule has 0 amide bonds. The normalized spacial score (nSPS) is 13.9. The average Bonchev–Trinajstić information content (AvgIpc) is 3.57. The van der Waals surface area contributed by atoms with Crippen molar-refractivity contribution in [2.45, 2.75) is 90.7 Å². The first kappa shape index (κ1) is 34.0. The number of esters is 1. The molecule has 0 radical (unpaired) electrons. The molecule has 2 aromatic heterocycles. The fraction of sp³-hybridized carbons (Fsp3) is 0.526. The number of pyridine rings is 1. The highest BCUT2D eigenvalue weighted by Crippen LogP contribution is 2.32. The van der Waals surface area contributed by atoms with Crippen molar-refractivity contribution in [2.24, 2.45) is 0 Å². The van der Waals surface area contributed by atoms with Gasteiger partial charge in [0.1, 0.15) is 5.75 Å². The van der Waals surface area contributed by atoms with Crippen LogP contribution in [0, 0.1) is 0 Å². The fourth-order valence-corrected chi connectivity index (χ4v) is 7.29. The number of nitrogens with zero attached hydrogens (tertiary/aromatic N) is 3. The van der Waals surface area contributed by atoms with E-state index in [9.17, 15) is 9.59 Å². The van der Waals surface area contributed by atoms with Crippen LogP contribution in [0.15, 0.2) is 64.8 Å². The second-order valence-corrected chi connectivity index (χ2v) is 13.5. The first-order chi connectivity index (χ1) is 22.6. The van der Waals surface area contributed by atoms with Crippen LogP contribution in [-0.2, 0) is 16.3 Å². The minimum atomic E-state index is -0.249. The first-order valence-corrected chi connectivity index (χ1v) is 18.4. The quantitative estimate of drug-likeness (QED) is 0.0752. The molecule has 1 saturated heterocycles. The number of aromatic nitrogens is 1. The molecule has 0 aliphatic carbocycles. The summed E-state index contributed by atoms with van der Waals surface area (Å²) in [7, 11) is 0. The molecule has 5 rings (SSSR count). The van der Waals surface area contributed by atoms with Gasteiger partial charge in [-0.1, -0.05) is 70.4 Å². The van der Waals surface area contributed by atoms with Gasteiger partial charge in [-0.3, -0.25) is 19.1 Å². The predicted octanol–water partition coefficient (Wildman–Crippen LogP) is 8.62. The number of piperazine rings is 1. The van der Waals surface area contributed by atoms with E-state index in [0.29, 0.717) is 13.0 Å². The highest BCUT2D eigenvalue weighted by atomic mass is 32.1. The molecule has 1 aliphatic heterocycles. The van der Waals surface area contributed by atoms with Crippen molar-refractivity contribution < 1.29 is 14.3 Å². The molecule has 46 heavy (non-hydrogen) atoms. The summed E-state index contributed by atoms with van der Waals surface area (Å²) < 4.78 is 14.5. The summed E-state index contributed by atoms with van der Waals surface area (Å²) >= 11 is 1.83. The lowest BCUT2D eigenvalue weighted by Gasteiger charge is -2.36. The SMILES string of the molecule is CCCCCCCCCCCC(=O)OCn1c(=O)ccc2ccc(OCCCCN3CCN(c4cccc5ccsc45)CC3)cc21. The fourth-order valence-electron chi connectivity index (χ4n) is 6.35. The maximum Gasteiger partial charge on any atom is 0.307 e. The van der Waals surface area contributed by atoms with Crippen molar-refractivity contribution in [2.75, 3.05) is 44.2 Å². The number of carbonyl (C=O) groups is 1. The van der Waals surface area contributed by atoms with Crippen molar-refractivity contribution in [3.8, 4) is 5.75 Å². The standard InChI is InChI=1S/C38H51N3O4S/c1-2-3-4-5-6-7-8-9-10-16-37(43)45-30-41-35-29-33(19-17-31(35)18-20-36(41)42)44-27-12-11-22-39-23-25-40(26-24-39)34-15-13-14-32-21-28-46-38(32)34/h13-15,17-21,28-29H,2-12,16,22-27,30H2,1H3. The van der Waals surface area contributed by atoms with Crippen LogP contribution in [0.4, 0.5) is 5.69 Å². The predicted molar refractivity (Wildman–Crippen MR) is 191 cm³/mol. The zero-order chi connectivity index (χ0) is 32.0. The summed E-state index contributed by atoms with van der Waals surface area (Å²) in [6.07, 6.45) is 13.2. The number of ether oxygens (including phenoxy) is 2. The number of fused-ring (bicyclic) bond motifs is 2. The summed E-state index contributed by atoms with van der Waals surface area (Å²) in [6, 6.07) is 17.9. The van der Waals surface area contributed by atoms with Gasteiger partial charge in [-0.15, -0.1) is 11.3 Å². The van der Waals surface area contributed by atoms with Crippen molar-refractivity contribution in [3.05, 3.63) is 70.3 Å². The Morgan fingerprint density at radius 3 is 2.37 bits per heavy atom. The number of benzene rings is 2. The second kappa shape index (κ2) is 18.1. The monoisotopic (exact) mass is 645 g/mol. The Kier molecular flexibility index (Phi) is 13.4. The molecule has 3 heterocycles. The van der Waals surface area contributed by atoms with Crippen LogP contribution in [0.2, 0.25) is 0 Å². The molecule has 4 aromatic rings. The van der Waals surface area contributed by atoms with Crippen molar-refractivity contribution >= 4 is 44.0 Å². The van der Waals surface area contributed by atoms with Crippen LogP contribution in [-0.4, -0.2) is 54.8 Å². The molecular weight excluding hydrogens is 595 g/mol. The van der Waals surface area contributed by atoms with Gasteiger partial charge in [0, 0.05) is 44.7 Å². The molecule has 0 unspecified atom stereocenters. The van der Waals surface area contributed by atoms with Gasteiger partial charge in [0.05, 0.1) is 22.5 Å². The van der Waals surface area contributed by atoms with E-state index in [0.717, 1.165) is 81.5 Å². The Labute approximate surface area is 278 Å². The third-order valence-corrected chi connectivity index (χ3v) is 10.1. The molecule has 1 aliphatic rings. The lowest BCUT2D eigenvalue weighted by atomic mass is 10.1. The van der Waals surface area contributed by atoms with Gasteiger partial charge < -0.3 is 14.4 Å². The smallest absolute Gasteiger partial charge is 0.307 e. The molecule has 0 saturated carbocycles. The number of unbranched alkanes of at least 4 members (excludes halogenated alkanes) is 9. The van der Waals surface area contributed by atoms with E-state index in [1.54, 1.807) is 0 Å². The third kappa shape index (κ3) is 9.82. The molecule has 2 aromatic carbocycles. The van der Waals surface area contributed by atoms with E-state index in [4.69, 9.17) is 9.47 Å². The molecule has 0 atom stereocenters. The van der Waals surface area contributed by atoms with Crippen molar-refractivity contribution in [1.82, 2.24) is 9.47 Å². The zero-order valence-electron chi connectivity index (χ0n) is 27.6. The van der Waals surface area contributed by atoms with Crippen LogP contribution in [0.3, 0.4) is 0 Å². The highest BCUT2D eigenvalue weighted by molar-refractivity contribution is 7.17. The maximum atomic E-state index is 12.7. The molecule has 8 heteroatoms. The van der Waals surface area contributed by atoms with Gasteiger partial charge in [0.2, 0.25) is 0 Å². The van der Waals surface area contributed by atoms with Gasteiger partial charge in [-0.05, 0) is 72.3 Å². The molecule has 0 N–H and O–H groups in total. The summed E-state index contributed by atoms with van der Waals surface area (Å²) in [5.41, 5.74) is 1.90. The van der Waals surface area contributed by atoms with Crippen molar-refractivity contribution in [3.63, 3.8) is 0 Å². The van der Waals surface area contributed by atoms with Gasteiger partial charge in [0.25, 0.3) is 5.56 Å². The van der Waals surface area contributed by atoms with E-state index in [1.807, 2.05) is 35.6 Å². The first-order valence-electron chi connectivity index (χ1n) is 17.5. The Hall–Kier alpha value is -3.36. The number of rotatable bonds is 19. The van der Waals surface area contributed by atoms with Crippen LogP contribution in [0.25, 0.3) is 21.0 Å². The lowest BCUT2D eigenvalue weighted by Crippen LogP contribution is -2.46. The lowest BCUT2D eigenvalue weighted by molar-refractivity contribution is -0.147. The summed E-state index contributed by atoms with van der Waals surface area (Å²) in [4.78, 5) is 30.2. The Balaban J connectivity index is 1.00. The number of anilines is 1. The van der Waals surface area contributed by atoms with Gasteiger partial charge in [-0.2, -0.15) is 0 Å². The maximum absolute atomic E-state index is 12.7. The highest BCUT2D eigenvalue weighted by Gasteiger charge is 2.18. The molecular formula is C38H51N3O4S. The number of thiophene rings is 1. The topological polar surface area (TPSA) is 64.0 Å². The molecule has 1 fully saturated rings. The van der Waals surface area contributed by atoms with Crippen LogP contribution in [0.1, 0.15) is 84.0 Å². The van der Waals surface area contributed by atoms with Gasteiger partial charge in [0.15, 0.2) is 6.73 Å². The number of hydrogen-bond donors (Lipinski definition) is 0. The van der Waals surface area contributed by atoms with Crippen molar-refractivity contribution in [1.29, 1.82) is 0 Å². The van der Waals surface area contributed by atoms with Crippen LogP contribution >= 0.6 is 11.3 Å². The number of hydrogen-bond acceptors (Lipinski definition) is 7. The van der Waals surface area contributed by atoms with E-state index < -0.39 is 0 Å². The second-order valence-electron chi connectivity index (χ2n) is 12.5. The minimum absolute atomic E-state index is 0.0778. The molecule has 0 spiro atoms. The Morgan fingerprint density at radius 1 is 0.804 bits per heavy atom. The van der Waals surface area contributed by atoms with Gasteiger partial charge in [-0.25, -0.2) is 0 Å². The summed E-state index contributed by atoms with van der Waals surface area (Å²) in [5, 5.41) is 4.43. The van der Waals surface area contributed by atoms with Crippen LogP contribution in [0.5, 0.6) is 5.75 Å². The average molecular weight is 646 g/mol. The Morgan fingerprint density at radius 2 is 1.57 bits per heavy atom. The largest absolute Gasteiger partial charge is 0.494 e. The Bertz CT molecular complexity index is 1570. The van der Waals surface area contributed by atoms with Gasteiger partial charge >= 0.3 is 5.97 Å². The molecule has 0 bridgehead atoms. The third-order valence-electron chi connectivity index (χ3n) is 9.11. The summed E-state index contributed by atoms with van der Waals surface area (Å²) in [5.74, 6) is 0.477. The minimum Gasteiger partial charge on any atom is -0.494 e. The van der Waals surface area contributed by atoms with E-state index in [1.165, 1.54) is 64.9 Å². The van der Waals surface area contributed by atoms with E-state index >= 15 is 0 Å². The number of carbonyl (C=O) groups excluding carboxylic acids is 1. The molecule has 248 valence electrons. The van der Waals surface area contributed by atoms with Crippen LogP contribution < -0.4 is 15.2 Å².